The van der Waals surface area contributed by atoms with Gasteiger partial charge in [0, 0.05) is 6.42 Å². The van der Waals surface area contributed by atoms with Crippen LogP contribution in [0.15, 0.2) is 24.3 Å². The molecule has 1 aromatic rings. The van der Waals surface area contributed by atoms with Crippen molar-refractivity contribution in [3.63, 3.8) is 0 Å². The Kier molecular flexibility index (Phi) is 3.97. The predicted molar refractivity (Wildman–Crippen MR) is 52.4 cm³/mol. The van der Waals surface area contributed by atoms with E-state index in [1.165, 1.54) is 7.11 Å². The number of aldehydes is 1. The van der Waals surface area contributed by atoms with Gasteiger partial charge in [-0.3, -0.25) is 0 Å². The highest BCUT2D eigenvalue weighted by Gasteiger charge is 2.14. The van der Waals surface area contributed by atoms with E-state index >= 15 is 0 Å². The highest BCUT2D eigenvalue weighted by atomic mass is 19.1. The van der Waals surface area contributed by atoms with Gasteiger partial charge in [-0.05, 0) is 11.6 Å². The monoisotopic (exact) mass is 210 g/mol. The first-order valence-corrected chi connectivity index (χ1v) is 4.44. The van der Waals surface area contributed by atoms with Crippen molar-refractivity contribution >= 4 is 12.3 Å². The van der Waals surface area contributed by atoms with Crippen LogP contribution in [0.25, 0.3) is 0 Å². The van der Waals surface area contributed by atoms with Gasteiger partial charge in [-0.1, -0.05) is 18.2 Å². The van der Waals surface area contributed by atoms with E-state index in [1.54, 1.807) is 24.3 Å². The summed E-state index contributed by atoms with van der Waals surface area (Å²) < 4.78 is 17.4. The molecule has 1 unspecified atom stereocenters. The Bertz CT molecular complexity index is 363. The maximum atomic E-state index is 12.8. The first-order valence-electron chi connectivity index (χ1n) is 4.44. The predicted octanol–water partition coefficient (Wildman–Crippen LogP) is 1.55. The summed E-state index contributed by atoms with van der Waals surface area (Å²) in [6.45, 7) is 0. The summed E-state index contributed by atoms with van der Waals surface area (Å²) in [4.78, 5) is 21.4. The SMILES string of the molecule is COC(=O)c1ccccc1CC(F)C=O. The molecule has 1 rings (SSSR count). The Balaban J connectivity index is 2.95. The van der Waals surface area contributed by atoms with Crippen molar-refractivity contribution in [2.75, 3.05) is 7.11 Å². The third kappa shape index (κ3) is 2.87. The number of hydrogen-bond donors (Lipinski definition) is 0. The van der Waals surface area contributed by atoms with Crippen LogP contribution in [0.2, 0.25) is 0 Å². The lowest BCUT2D eigenvalue weighted by Gasteiger charge is -2.07. The third-order valence-corrected chi connectivity index (χ3v) is 1.99. The zero-order valence-corrected chi connectivity index (χ0v) is 8.27. The molecule has 3 nitrogen and oxygen atoms in total. The normalized spacial score (nSPS) is 11.9. The van der Waals surface area contributed by atoms with Crippen LogP contribution >= 0.6 is 0 Å². The van der Waals surface area contributed by atoms with Crippen LogP contribution in [0.1, 0.15) is 15.9 Å². The molecule has 4 heteroatoms. The Morgan fingerprint density at radius 2 is 2.20 bits per heavy atom. The number of benzene rings is 1. The fourth-order valence-electron chi connectivity index (χ4n) is 1.27. The molecule has 0 aliphatic carbocycles. The highest BCUT2D eigenvalue weighted by Crippen LogP contribution is 2.13. The first-order chi connectivity index (χ1) is 7.19. The van der Waals surface area contributed by atoms with Crippen LogP contribution in [0.4, 0.5) is 4.39 Å². The van der Waals surface area contributed by atoms with Crippen molar-refractivity contribution < 1.29 is 18.7 Å². The van der Waals surface area contributed by atoms with E-state index in [4.69, 9.17) is 0 Å². The second-order valence-electron chi connectivity index (χ2n) is 3.00. The molecule has 0 aliphatic heterocycles. The molecule has 80 valence electrons. The van der Waals surface area contributed by atoms with Gasteiger partial charge in [0.1, 0.15) is 0 Å². The molecule has 0 aliphatic rings. The van der Waals surface area contributed by atoms with Crippen LogP contribution < -0.4 is 0 Å². The van der Waals surface area contributed by atoms with Gasteiger partial charge in [-0.25, -0.2) is 9.18 Å². The average molecular weight is 210 g/mol. The Hall–Kier alpha value is -1.71. The average Bonchev–Trinajstić information content (AvgIpc) is 2.28. The zero-order chi connectivity index (χ0) is 11.3. The molecule has 0 N–H and O–H groups in total. The van der Waals surface area contributed by atoms with Crippen LogP contribution in [-0.4, -0.2) is 25.5 Å². The zero-order valence-electron chi connectivity index (χ0n) is 8.27. The summed E-state index contributed by atoms with van der Waals surface area (Å²) in [7, 11) is 1.26. The van der Waals surface area contributed by atoms with Crippen molar-refractivity contribution in [1.82, 2.24) is 0 Å². The highest BCUT2D eigenvalue weighted by molar-refractivity contribution is 5.91. The van der Waals surface area contributed by atoms with Gasteiger partial charge in [-0.2, -0.15) is 0 Å². The number of halogens is 1. The molecule has 0 fully saturated rings. The number of hydrogen-bond acceptors (Lipinski definition) is 3. The molecule has 0 radical (unpaired) electrons. The van der Waals surface area contributed by atoms with Crippen molar-refractivity contribution in [3.05, 3.63) is 35.4 Å². The second kappa shape index (κ2) is 5.24. The lowest BCUT2D eigenvalue weighted by Crippen LogP contribution is -2.11. The number of carbonyl (C=O) groups is 2. The number of methoxy groups -OCH3 is 1. The number of ether oxygens (including phenoxy) is 1. The van der Waals surface area contributed by atoms with Gasteiger partial charge in [0.05, 0.1) is 12.7 Å². The standard InChI is InChI=1S/C11H11FO3/c1-15-11(14)10-5-3-2-4-8(10)6-9(12)7-13/h2-5,7,9H,6H2,1H3. The fraction of sp³-hybridized carbons (Fsp3) is 0.273. The first kappa shape index (κ1) is 11.4. The molecule has 0 aromatic heterocycles. The molecule has 1 atom stereocenters. The molecule has 0 heterocycles. The summed E-state index contributed by atoms with van der Waals surface area (Å²) >= 11 is 0. The largest absolute Gasteiger partial charge is 0.465 e. The molecule has 0 spiro atoms. The fourth-order valence-corrected chi connectivity index (χ4v) is 1.27. The summed E-state index contributed by atoms with van der Waals surface area (Å²) in [5, 5.41) is 0. The Morgan fingerprint density at radius 1 is 1.53 bits per heavy atom. The summed E-state index contributed by atoms with van der Waals surface area (Å²) in [5.74, 6) is -0.524. The second-order valence-corrected chi connectivity index (χ2v) is 3.00. The van der Waals surface area contributed by atoms with Gasteiger partial charge in [0.25, 0.3) is 0 Å². The lowest BCUT2D eigenvalue weighted by atomic mass is 10.0. The van der Waals surface area contributed by atoms with E-state index in [-0.39, 0.29) is 12.7 Å². The minimum atomic E-state index is -1.59. The molecule has 0 bridgehead atoms. The van der Waals surface area contributed by atoms with E-state index in [0.717, 1.165) is 0 Å². The third-order valence-electron chi connectivity index (χ3n) is 1.99. The molecular formula is C11H11FO3. The summed E-state index contributed by atoms with van der Waals surface area (Å²) in [5.41, 5.74) is 0.772. The summed E-state index contributed by atoms with van der Waals surface area (Å²) in [6, 6.07) is 6.48. The van der Waals surface area contributed by atoms with E-state index in [9.17, 15) is 14.0 Å². The van der Waals surface area contributed by atoms with Gasteiger partial charge >= 0.3 is 5.97 Å². The van der Waals surface area contributed by atoms with Gasteiger partial charge < -0.3 is 9.53 Å². The van der Waals surface area contributed by atoms with Crippen LogP contribution in [-0.2, 0) is 16.0 Å². The number of rotatable bonds is 4. The van der Waals surface area contributed by atoms with Crippen molar-refractivity contribution in [1.29, 1.82) is 0 Å². The minimum absolute atomic E-state index is 0.102. The quantitative estimate of drug-likeness (QED) is 0.559. The molecular weight excluding hydrogens is 199 g/mol. The lowest BCUT2D eigenvalue weighted by molar-refractivity contribution is -0.111. The molecule has 1 aromatic carbocycles. The summed E-state index contributed by atoms with van der Waals surface area (Å²) in [6.07, 6.45) is -1.47. The van der Waals surface area contributed by atoms with Gasteiger partial charge in [0.15, 0.2) is 12.5 Å². The minimum Gasteiger partial charge on any atom is -0.465 e. The van der Waals surface area contributed by atoms with Crippen molar-refractivity contribution in [2.45, 2.75) is 12.6 Å². The maximum Gasteiger partial charge on any atom is 0.338 e. The number of alkyl halides is 1. The molecule has 0 amide bonds. The molecule has 0 saturated heterocycles. The van der Waals surface area contributed by atoms with Crippen LogP contribution in [0.5, 0.6) is 0 Å². The van der Waals surface area contributed by atoms with E-state index in [2.05, 4.69) is 4.74 Å². The van der Waals surface area contributed by atoms with Crippen LogP contribution in [0, 0.1) is 0 Å². The van der Waals surface area contributed by atoms with Gasteiger partial charge in [-0.15, -0.1) is 0 Å². The van der Waals surface area contributed by atoms with E-state index < -0.39 is 12.1 Å². The molecule has 15 heavy (non-hydrogen) atoms. The van der Waals surface area contributed by atoms with Crippen LogP contribution in [0.3, 0.4) is 0 Å². The number of esters is 1. The van der Waals surface area contributed by atoms with E-state index in [1.807, 2.05) is 0 Å². The van der Waals surface area contributed by atoms with Gasteiger partial charge in [0.2, 0.25) is 0 Å². The molecule has 0 saturated carbocycles. The topological polar surface area (TPSA) is 43.4 Å². The van der Waals surface area contributed by atoms with E-state index in [0.29, 0.717) is 11.1 Å². The van der Waals surface area contributed by atoms with Crippen molar-refractivity contribution in [2.24, 2.45) is 0 Å². The Labute approximate surface area is 86.9 Å². The van der Waals surface area contributed by atoms with Crippen molar-refractivity contribution in [3.8, 4) is 0 Å². The maximum absolute atomic E-state index is 12.8. The number of carbonyl (C=O) groups excluding carboxylic acids is 2. The Morgan fingerprint density at radius 3 is 2.80 bits per heavy atom. The smallest absolute Gasteiger partial charge is 0.338 e.